The SMILES string of the molecule is O=c1c(C2CCCC2)cnc2c(O)cccn12. The molecule has 3 rings (SSSR count). The molecule has 0 aliphatic heterocycles. The zero-order valence-corrected chi connectivity index (χ0v) is 9.47. The van der Waals surface area contributed by atoms with Crippen molar-refractivity contribution >= 4 is 5.65 Å². The summed E-state index contributed by atoms with van der Waals surface area (Å²) in [4.78, 5) is 16.5. The van der Waals surface area contributed by atoms with E-state index in [0.717, 1.165) is 18.4 Å². The molecule has 1 aliphatic rings. The predicted molar refractivity (Wildman–Crippen MR) is 64.3 cm³/mol. The third-order valence-corrected chi connectivity index (χ3v) is 3.53. The van der Waals surface area contributed by atoms with E-state index >= 15 is 0 Å². The van der Waals surface area contributed by atoms with Crippen molar-refractivity contribution in [1.82, 2.24) is 9.38 Å². The molecule has 1 aliphatic carbocycles. The monoisotopic (exact) mass is 230 g/mol. The summed E-state index contributed by atoms with van der Waals surface area (Å²) in [7, 11) is 0. The molecule has 4 nitrogen and oxygen atoms in total. The molecule has 2 aromatic heterocycles. The van der Waals surface area contributed by atoms with Gasteiger partial charge in [0.05, 0.1) is 0 Å². The Balaban J connectivity index is 2.22. The van der Waals surface area contributed by atoms with E-state index in [1.165, 1.54) is 23.3 Å². The Hall–Kier alpha value is -1.84. The van der Waals surface area contributed by atoms with Crippen LogP contribution in [-0.4, -0.2) is 14.5 Å². The van der Waals surface area contributed by atoms with Crippen LogP contribution in [0.2, 0.25) is 0 Å². The van der Waals surface area contributed by atoms with Crippen LogP contribution in [0.25, 0.3) is 5.65 Å². The minimum absolute atomic E-state index is 0.0437. The highest BCUT2D eigenvalue weighted by Gasteiger charge is 2.21. The van der Waals surface area contributed by atoms with Crippen molar-refractivity contribution in [2.75, 3.05) is 0 Å². The Morgan fingerprint density at radius 2 is 2.12 bits per heavy atom. The molecule has 88 valence electrons. The zero-order chi connectivity index (χ0) is 11.8. The molecule has 17 heavy (non-hydrogen) atoms. The summed E-state index contributed by atoms with van der Waals surface area (Å²) in [5.41, 5.74) is 1.07. The van der Waals surface area contributed by atoms with Crippen LogP contribution in [-0.2, 0) is 0 Å². The molecule has 0 atom stereocenters. The first-order chi connectivity index (χ1) is 8.27. The number of pyridine rings is 1. The first-order valence-electron chi connectivity index (χ1n) is 5.96. The molecule has 0 saturated heterocycles. The minimum atomic E-state index is -0.0437. The van der Waals surface area contributed by atoms with Crippen LogP contribution >= 0.6 is 0 Å². The normalized spacial score (nSPS) is 16.7. The van der Waals surface area contributed by atoms with Gasteiger partial charge >= 0.3 is 0 Å². The number of nitrogens with zero attached hydrogens (tertiary/aromatic N) is 2. The number of fused-ring (bicyclic) bond motifs is 1. The summed E-state index contributed by atoms with van der Waals surface area (Å²) >= 11 is 0. The molecule has 0 aromatic carbocycles. The van der Waals surface area contributed by atoms with Crippen molar-refractivity contribution in [3.05, 3.63) is 40.4 Å². The van der Waals surface area contributed by atoms with Gasteiger partial charge in [0.25, 0.3) is 5.56 Å². The van der Waals surface area contributed by atoms with E-state index in [9.17, 15) is 9.90 Å². The van der Waals surface area contributed by atoms with Crippen molar-refractivity contribution in [3.63, 3.8) is 0 Å². The van der Waals surface area contributed by atoms with Gasteiger partial charge in [0.2, 0.25) is 0 Å². The molecule has 1 saturated carbocycles. The van der Waals surface area contributed by atoms with E-state index < -0.39 is 0 Å². The van der Waals surface area contributed by atoms with Gasteiger partial charge in [-0.2, -0.15) is 0 Å². The molecule has 4 heteroatoms. The molecule has 0 unspecified atom stereocenters. The van der Waals surface area contributed by atoms with Gasteiger partial charge in [-0.15, -0.1) is 0 Å². The molecule has 2 heterocycles. The quantitative estimate of drug-likeness (QED) is 0.815. The number of rotatable bonds is 1. The average Bonchev–Trinajstić information content (AvgIpc) is 2.84. The van der Waals surface area contributed by atoms with Crippen molar-refractivity contribution < 1.29 is 5.11 Å². The van der Waals surface area contributed by atoms with Crippen molar-refractivity contribution in [1.29, 1.82) is 0 Å². The Kier molecular flexibility index (Phi) is 2.35. The highest BCUT2D eigenvalue weighted by Crippen LogP contribution is 2.32. The summed E-state index contributed by atoms with van der Waals surface area (Å²) in [5.74, 6) is 0.386. The van der Waals surface area contributed by atoms with E-state index in [4.69, 9.17) is 0 Å². The number of hydrogen-bond donors (Lipinski definition) is 1. The van der Waals surface area contributed by atoms with E-state index in [1.807, 2.05) is 0 Å². The van der Waals surface area contributed by atoms with Crippen LogP contribution in [0.3, 0.4) is 0 Å². The molecule has 1 N–H and O–H groups in total. The first-order valence-corrected chi connectivity index (χ1v) is 5.96. The Labute approximate surface area is 98.6 Å². The first kappa shape index (κ1) is 10.3. The summed E-state index contributed by atoms with van der Waals surface area (Å²) in [6, 6.07) is 3.20. The molecule has 1 fully saturated rings. The van der Waals surface area contributed by atoms with Gasteiger partial charge in [0.15, 0.2) is 11.4 Å². The Morgan fingerprint density at radius 1 is 1.35 bits per heavy atom. The number of aromatic nitrogens is 2. The van der Waals surface area contributed by atoms with Gasteiger partial charge in [0, 0.05) is 18.0 Å². The molecule has 0 amide bonds. The largest absolute Gasteiger partial charge is 0.504 e. The topological polar surface area (TPSA) is 54.6 Å². The summed E-state index contributed by atoms with van der Waals surface area (Å²) in [6.45, 7) is 0. The van der Waals surface area contributed by atoms with Crippen LogP contribution < -0.4 is 5.56 Å². The highest BCUT2D eigenvalue weighted by molar-refractivity contribution is 5.52. The van der Waals surface area contributed by atoms with E-state index in [0.29, 0.717) is 11.6 Å². The van der Waals surface area contributed by atoms with Gasteiger partial charge in [-0.25, -0.2) is 4.98 Å². The molecule has 0 radical (unpaired) electrons. The lowest BCUT2D eigenvalue weighted by atomic mass is 10.0. The lowest BCUT2D eigenvalue weighted by molar-refractivity contribution is 0.476. The van der Waals surface area contributed by atoms with Gasteiger partial charge in [-0.05, 0) is 30.9 Å². The lowest BCUT2D eigenvalue weighted by Gasteiger charge is -2.09. The van der Waals surface area contributed by atoms with Crippen molar-refractivity contribution in [2.24, 2.45) is 0 Å². The van der Waals surface area contributed by atoms with E-state index in [-0.39, 0.29) is 11.3 Å². The molecule has 2 aromatic rings. The zero-order valence-electron chi connectivity index (χ0n) is 9.47. The smallest absolute Gasteiger partial charge is 0.261 e. The summed E-state index contributed by atoms with van der Waals surface area (Å²) < 4.78 is 1.43. The molecule has 0 spiro atoms. The second-order valence-electron chi connectivity index (χ2n) is 4.59. The van der Waals surface area contributed by atoms with Gasteiger partial charge in [-0.3, -0.25) is 9.20 Å². The molecule has 0 bridgehead atoms. The van der Waals surface area contributed by atoms with Crippen molar-refractivity contribution in [3.8, 4) is 5.75 Å². The predicted octanol–water partition coefficient (Wildman–Crippen LogP) is 2.06. The van der Waals surface area contributed by atoms with Crippen LogP contribution in [0.15, 0.2) is 29.3 Å². The summed E-state index contributed by atoms with van der Waals surface area (Å²) in [5, 5.41) is 9.63. The third-order valence-electron chi connectivity index (χ3n) is 3.53. The van der Waals surface area contributed by atoms with Crippen LogP contribution in [0.4, 0.5) is 0 Å². The number of aromatic hydroxyl groups is 1. The van der Waals surface area contributed by atoms with Gasteiger partial charge in [-0.1, -0.05) is 12.8 Å². The second kappa shape index (κ2) is 3.87. The maximum absolute atomic E-state index is 12.3. The fourth-order valence-electron chi connectivity index (χ4n) is 2.62. The maximum atomic E-state index is 12.3. The highest BCUT2D eigenvalue weighted by atomic mass is 16.3. The van der Waals surface area contributed by atoms with Gasteiger partial charge in [0.1, 0.15) is 0 Å². The van der Waals surface area contributed by atoms with E-state index in [1.54, 1.807) is 18.5 Å². The minimum Gasteiger partial charge on any atom is -0.504 e. The van der Waals surface area contributed by atoms with Gasteiger partial charge < -0.3 is 5.11 Å². The lowest BCUT2D eigenvalue weighted by Crippen LogP contribution is -2.20. The number of hydrogen-bond acceptors (Lipinski definition) is 3. The average molecular weight is 230 g/mol. The molecular weight excluding hydrogens is 216 g/mol. The maximum Gasteiger partial charge on any atom is 0.261 e. The second-order valence-corrected chi connectivity index (χ2v) is 4.59. The van der Waals surface area contributed by atoms with Crippen LogP contribution in [0.5, 0.6) is 5.75 Å². The van der Waals surface area contributed by atoms with Crippen LogP contribution in [0, 0.1) is 0 Å². The Morgan fingerprint density at radius 3 is 2.88 bits per heavy atom. The van der Waals surface area contributed by atoms with Crippen LogP contribution in [0.1, 0.15) is 37.2 Å². The van der Waals surface area contributed by atoms with E-state index in [2.05, 4.69) is 4.98 Å². The summed E-state index contributed by atoms with van der Waals surface area (Å²) in [6.07, 6.45) is 7.81. The molecular formula is C13H14N2O2. The standard InChI is InChI=1S/C13H14N2O2/c16-11-6-3-7-15-12(11)14-8-10(13(15)17)9-4-1-2-5-9/h3,6-9,16H,1-2,4-5H2. The Bertz CT molecular complexity index is 612. The van der Waals surface area contributed by atoms with Crippen molar-refractivity contribution in [2.45, 2.75) is 31.6 Å². The fraction of sp³-hybridized carbons (Fsp3) is 0.385. The fourth-order valence-corrected chi connectivity index (χ4v) is 2.62. The third kappa shape index (κ3) is 1.60.